The molecule has 0 aliphatic heterocycles. The van der Waals surface area contributed by atoms with Gasteiger partial charge < -0.3 is 13.3 Å². The van der Waals surface area contributed by atoms with E-state index in [1.165, 1.54) is 32.1 Å². The molecule has 0 atom stereocenters. The molecule has 0 nitrogen and oxygen atoms in total. The van der Waals surface area contributed by atoms with Gasteiger partial charge in [0.25, 0.3) is 0 Å². The summed E-state index contributed by atoms with van der Waals surface area (Å²) in [6.07, 6.45) is 8.62. The van der Waals surface area contributed by atoms with Gasteiger partial charge in [0.1, 0.15) is 0 Å². The maximum Gasteiger partial charge on any atom is 2.00 e. The van der Waals surface area contributed by atoms with Crippen molar-refractivity contribution >= 4 is 23.1 Å². The van der Waals surface area contributed by atoms with Gasteiger partial charge in [0.15, 0.2) is 0 Å². The molecule has 0 aromatic carbocycles. The zero-order chi connectivity index (χ0) is 9.82. The minimum atomic E-state index is 0. The van der Waals surface area contributed by atoms with Crippen LogP contribution in [0.5, 0.6) is 0 Å². The van der Waals surface area contributed by atoms with E-state index in [0.29, 0.717) is 5.92 Å². The monoisotopic (exact) mass is 194 g/mol. The summed E-state index contributed by atoms with van der Waals surface area (Å²) in [6, 6.07) is 0. The number of rotatable bonds is 5. The minimum absolute atomic E-state index is 0. The predicted octanol–water partition coefficient (Wildman–Crippen LogP) is 4.28. The Balaban J connectivity index is -0.000000143. The van der Waals surface area contributed by atoms with Gasteiger partial charge in [-0.3, -0.25) is 0 Å². The Morgan fingerprint density at radius 1 is 1.15 bits per heavy atom. The SMILES string of the molecule is C[CH-]CCCC.[CH2-]C(CC)CC.[Mg+2]. The van der Waals surface area contributed by atoms with E-state index in [2.05, 4.69) is 41.0 Å². The third-order valence-corrected chi connectivity index (χ3v) is 2.00. The molecule has 0 N–H and O–H groups in total. The van der Waals surface area contributed by atoms with Gasteiger partial charge >= 0.3 is 23.1 Å². The summed E-state index contributed by atoms with van der Waals surface area (Å²) in [5.74, 6) is 0.685. The Morgan fingerprint density at radius 3 is 1.69 bits per heavy atom. The molecule has 0 aliphatic carbocycles. The van der Waals surface area contributed by atoms with Crippen LogP contribution < -0.4 is 0 Å². The quantitative estimate of drug-likeness (QED) is 0.348. The van der Waals surface area contributed by atoms with Crippen molar-refractivity contribution < 1.29 is 0 Å². The fraction of sp³-hybridized carbons (Fsp3) is 0.833. The predicted molar refractivity (Wildman–Crippen MR) is 64.7 cm³/mol. The molecule has 0 fully saturated rings. The zero-order valence-electron chi connectivity index (χ0n) is 10.1. The van der Waals surface area contributed by atoms with Gasteiger partial charge in [0, 0.05) is 0 Å². The fourth-order valence-corrected chi connectivity index (χ4v) is 0.697. The van der Waals surface area contributed by atoms with Crippen molar-refractivity contribution in [1.82, 2.24) is 0 Å². The van der Waals surface area contributed by atoms with Crippen molar-refractivity contribution in [3.63, 3.8) is 0 Å². The van der Waals surface area contributed by atoms with Crippen LogP contribution in [-0.4, -0.2) is 23.1 Å². The molecule has 0 amide bonds. The standard InChI is InChI=1S/2C6H13.Mg/c1-4-6(3)5-2;1-3-5-6-4-2;/h6H,3-5H2,1-2H3;3H,4-6H2,1-2H3;/q2*-1;+2. The van der Waals surface area contributed by atoms with Crippen LogP contribution in [0.1, 0.15) is 59.8 Å². The maximum absolute atomic E-state index is 3.88. The molecule has 0 bridgehead atoms. The molecule has 0 unspecified atom stereocenters. The average molecular weight is 195 g/mol. The van der Waals surface area contributed by atoms with E-state index in [0.717, 1.165) is 0 Å². The van der Waals surface area contributed by atoms with E-state index >= 15 is 0 Å². The van der Waals surface area contributed by atoms with E-state index in [4.69, 9.17) is 0 Å². The van der Waals surface area contributed by atoms with Gasteiger partial charge in [0.2, 0.25) is 0 Å². The van der Waals surface area contributed by atoms with Crippen LogP contribution in [0.2, 0.25) is 0 Å². The molecule has 0 rings (SSSR count). The fourth-order valence-electron chi connectivity index (χ4n) is 0.697. The van der Waals surface area contributed by atoms with Gasteiger partial charge in [-0.05, 0) is 0 Å². The van der Waals surface area contributed by atoms with Gasteiger partial charge in [-0.15, -0.1) is 0 Å². The van der Waals surface area contributed by atoms with Crippen molar-refractivity contribution in [2.24, 2.45) is 5.92 Å². The molecule has 0 spiro atoms. The molecule has 0 heterocycles. The molecule has 13 heavy (non-hydrogen) atoms. The normalized spacial score (nSPS) is 8.77. The summed E-state index contributed by atoms with van der Waals surface area (Å²) in [6.45, 7) is 12.5. The van der Waals surface area contributed by atoms with Crippen LogP contribution in [0.15, 0.2) is 0 Å². The van der Waals surface area contributed by atoms with Crippen LogP contribution in [0.3, 0.4) is 0 Å². The summed E-state index contributed by atoms with van der Waals surface area (Å²) in [5.41, 5.74) is 0. The number of unbranched alkanes of at least 4 members (excludes halogenated alkanes) is 3. The van der Waals surface area contributed by atoms with E-state index in [9.17, 15) is 0 Å². The van der Waals surface area contributed by atoms with Gasteiger partial charge in [-0.1, -0.05) is 46.5 Å². The molecular weight excluding hydrogens is 168 g/mol. The maximum atomic E-state index is 3.88. The van der Waals surface area contributed by atoms with Crippen molar-refractivity contribution in [2.45, 2.75) is 59.8 Å². The molecule has 1 heteroatoms. The Bertz CT molecular complexity index is 54.1. The molecule has 0 saturated heterocycles. The molecular formula is C12H26Mg. The van der Waals surface area contributed by atoms with Crippen LogP contribution in [0.25, 0.3) is 0 Å². The van der Waals surface area contributed by atoms with Gasteiger partial charge in [0.05, 0.1) is 0 Å². The largest absolute Gasteiger partial charge is 2.00 e. The second kappa shape index (κ2) is 18.5. The molecule has 0 aliphatic rings. The second-order valence-corrected chi connectivity index (χ2v) is 3.23. The Hall–Kier alpha value is 0.766. The van der Waals surface area contributed by atoms with Crippen LogP contribution in [0, 0.1) is 19.3 Å². The van der Waals surface area contributed by atoms with Crippen molar-refractivity contribution in [3.05, 3.63) is 13.3 Å². The molecule has 0 aromatic heterocycles. The minimum Gasteiger partial charge on any atom is -0.340 e. The van der Waals surface area contributed by atoms with E-state index < -0.39 is 0 Å². The van der Waals surface area contributed by atoms with Crippen LogP contribution >= 0.6 is 0 Å². The molecule has 0 saturated carbocycles. The van der Waals surface area contributed by atoms with Crippen LogP contribution in [-0.2, 0) is 0 Å². The van der Waals surface area contributed by atoms with Gasteiger partial charge in [-0.2, -0.15) is 19.3 Å². The first-order valence-corrected chi connectivity index (χ1v) is 5.33. The summed E-state index contributed by atoms with van der Waals surface area (Å²) < 4.78 is 0. The van der Waals surface area contributed by atoms with Crippen molar-refractivity contribution in [1.29, 1.82) is 0 Å². The summed E-state index contributed by atoms with van der Waals surface area (Å²) in [4.78, 5) is 0. The smallest absolute Gasteiger partial charge is 0.340 e. The third kappa shape index (κ3) is 24.5. The first kappa shape index (κ1) is 19.4. The average Bonchev–Trinajstić information content (AvgIpc) is 2.14. The van der Waals surface area contributed by atoms with E-state index in [-0.39, 0.29) is 23.1 Å². The Kier molecular flexibility index (Phi) is 27.6. The molecule has 76 valence electrons. The van der Waals surface area contributed by atoms with Crippen LogP contribution in [0.4, 0.5) is 0 Å². The zero-order valence-corrected chi connectivity index (χ0v) is 11.5. The van der Waals surface area contributed by atoms with Crippen molar-refractivity contribution in [3.8, 4) is 0 Å². The summed E-state index contributed by atoms with van der Waals surface area (Å²) in [5, 5.41) is 0. The number of hydrogen-bond donors (Lipinski definition) is 0. The summed E-state index contributed by atoms with van der Waals surface area (Å²) in [7, 11) is 0. The molecule has 0 aromatic rings. The van der Waals surface area contributed by atoms with E-state index in [1.807, 2.05) is 0 Å². The van der Waals surface area contributed by atoms with Crippen molar-refractivity contribution in [2.75, 3.05) is 0 Å². The number of hydrogen-bond acceptors (Lipinski definition) is 0. The Morgan fingerprint density at radius 2 is 1.62 bits per heavy atom. The summed E-state index contributed by atoms with van der Waals surface area (Å²) >= 11 is 0. The first-order valence-electron chi connectivity index (χ1n) is 5.33. The van der Waals surface area contributed by atoms with E-state index in [1.54, 1.807) is 0 Å². The second-order valence-electron chi connectivity index (χ2n) is 3.23. The topological polar surface area (TPSA) is 0 Å². The third-order valence-electron chi connectivity index (χ3n) is 2.00. The Labute approximate surface area is 102 Å². The van der Waals surface area contributed by atoms with Gasteiger partial charge in [-0.25, -0.2) is 0 Å². The first-order chi connectivity index (χ1) is 5.72. The molecule has 0 radical (unpaired) electrons.